The van der Waals surface area contributed by atoms with E-state index in [0.717, 1.165) is 17.8 Å². The Morgan fingerprint density at radius 1 is 1.20 bits per heavy atom. The van der Waals surface area contributed by atoms with Crippen LogP contribution in [0.1, 0.15) is 16.8 Å². The minimum absolute atomic E-state index is 0.892. The summed E-state index contributed by atoms with van der Waals surface area (Å²) >= 11 is 0. The topological polar surface area (TPSA) is 24.9 Å². The maximum Gasteiger partial charge on any atom is 0.0708 e. The molecule has 0 aliphatic rings. The van der Waals surface area contributed by atoms with Crippen molar-refractivity contribution in [2.75, 3.05) is 7.05 Å². The Kier molecular flexibility index (Phi) is 2.69. The Morgan fingerprint density at radius 3 is 2.73 bits per heavy atom. The lowest BCUT2D eigenvalue weighted by Crippen LogP contribution is -2.06. The first-order chi connectivity index (χ1) is 7.20. The quantitative estimate of drug-likeness (QED) is 0.806. The molecule has 2 aromatic rings. The zero-order chi connectivity index (χ0) is 10.8. The number of rotatable bonds is 2. The van der Waals surface area contributed by atoms with Gasteiger partial charge >= 0.3 is 0 Å². The van der Waals surface area contributed by atoms with Crippen LogP contribution in [-0.4, -0.2) is 12.0 Å². The van der Waals surface area contributed by atoms with Crippen molar-refractivity contribution in [1.82, 2.24) is 10.3 Å². The van der Waals surface area contributed by atoms with Gasteiger partial charge in [-0.05, 0) is 44.7 Å². The molecule has 0 amide bonds. The van der Waals surface area contributed by atoms with Crippen LogP contribution in [0.4, 0.5) is 0 Å². The molecule has 1 aromatic carbocycles. The van der Waals surface area contributed by atoms with Crippen LogP contribution in [0, 0.1) is 13.8 Å². The first-order valence-corrected chi connectivity index (χ1v) is 5.22. The predicted octanol–water partition coefficient (Wildman–Crippen LogP) is 2.57. The lowest BCUT2D eigenvalue weighted by atomic mass is 10.1. The molecule has 0 aliphatic heterocycles. The zero-order valence-electron chi connectivity index (χ0n) is 9.46. The second-order valence-corrected chi connectivity index (χ2v) is 3.97. The van der Waals surface area contributed by atoms with Crippen molar-refractivity contribution < 1.29 is 0 Å². The average molecular weight is 200 g/mol. The molecule has 0 spiro atoms. The molecule has 2 rings (SSSR count). The zero-order valence-corrected chi connectivity index (χ0v) is 9.46. The van der Waals surface area contributed by atoms with E-state index in [1.165, 1.54) is 16.5 Å². The van der Waals surface area contributed by atoms with Gasteiger partial charge in [-0.1, -0.05) is 11.6 Å². The molecule has 0 saturated carbocycles. The SMILES string of the molecule is CNCc1cc(C)nc2ccc(C)cc12. The van der Waals surface area contributed by atoms with Gasteiger partial charge in [-0.2, -0.15) is 0 Å². The number of hydrogen-bond donors (Lipinski definition) is 1. The molecule has 1 aromatic heterocycles. The van der Waals surface area contributed by atoms with Crippen LogP contribution >= 0.6 is 0 Å². The third-order valence-electron chi connectivity index (χ3n) is 2.55. The van der Waals surface area contributed by atoms with Crippen LogP contribution in [-0.2, 0) is 6.54 Å². The van der Waals surface area contributed by atoms with Gasteiger partial charge in [0, 0.05) is 17.6 Å². The minimum atomic E-state index is 0.892. The fraction of sp³-hybridized carbons (Fsp3) is 0.308. The van der Waals surface area contributed by atoms with Gasteiger partial charge in [0.25, 0.3) is 0 Å². The van der Waals surface area contributed by atoms with Crippen molar-refractivity contribution in [3.63, 3.8) is 0 Å². The number of nitrogens with one attached hydrogen (secondary N) is 1. The van der Waals surface area contributed by atoms with Gasteiger partial charge in [0.15, 0.2) is 0 Å². The van der Waals surface area contributed by atoms with E-state index >= 15 is 0 Å². The molecule has 2 heteroatoms. The fourth-order valence-corrected chi connectivity index (χ4v) is 1.89. The Labute approximate surface area is 90.3 Å². The molecule has 78 valence electrons. The van der Waals surface area contributed by atoms with Gasteiger partial charge in [0.2, 0.25) is 0 Å². The Morgan fingerprint density at radius 2 is 2.00 bits per heavy atom. The van der Waals surface area contributed by atoms with Gasteiger partial charge in [-0.15, -0.1) is 0 Å². The van der Waals surface area contributed by atoms with Crippen molar-refractivity contribution in [3.05, 3.63) is 41.1 Å². The third-order valence-corrected chi connectivity index (χ3v) is 2.55. The van der Waals surface area contributed by atoms with Crippen molar-refractivity contribution in [3.8, 4) is 0 Å². The number of aryl methyl sites for hydroxylation is 2. The summed E-state index contributed by atoms with van der Waals surface area (Å²) in [6.45, 7) is 5.05. The summed E-state index contributed by atoms with van der Waals surface area (Å²) in [4.78, 5) is 4.53. The van der Waals surface area contributed by atoms with Crippen LogP contribution in [0.15, 0.2) is 24.3 Å². The van der Waals surface area contributed by atoms with E-state index in [1.807, 2.05) is 14.0 Å². The van der Waals surface area contributed by atoms with Gasteiger partial charge in [-0.25, -0.2) is 0 Å². The summed E-state index contributed by atoms with van der Waals surface area (Å²) in [6.07, 6.45) is 0. The molecule has 0 saturated heterocycles. The van der Waals surface area contributed by atoms with E-state index < -0.39 is 0 Å². The normalized spacial score (nSPS) is 10.9. The lowest BCUT2D eigenvalue weighted by molar-refractivity contribution is 0.821. The second kappa shape index (κ2) is 3.99. The molecule has 0 radical (unpaired) electrons. The van der Waals surface area contributed by atoms with E-state index in [1.54, 1.807) is 0 Å². The molecule has 0 atom stereocenters. The average Bonchev–Trinajstić information content (AvgIpc) is 2.19. The minimum Gasteiger partial charge on any atom is -0.316 e. The van der Waals surface area contributed by atoms with Crippen LogP contribution < -0.4 is 5.32 Å². The van der Waals surface area contributed by atoms with Crippen LogP contribution in [0.2, 0.25) is 0 Å². The number of aromatic nitrogens is 1. The number of pyridine rings is 1. The largest absolute Gasteiger partial charge is 0.316 e. The van der Waals surface area contributed by atoms with Crippen LogP contribution in [0.25, 0.3) is 10.9 Å². The highest BCUT2D eigenvalue weighted by Gasteiger charge is 2.03. The maximum absolute atomic E-state index is 4.53. The van der Waals surface area contributed by atoms with Crippen molar-refractivity contribution >= 4 is 10.9 Å². The van der Waals surface area contributed by atoms with E-state index in [-0.39, 0.29) is 0 Å². The van der Waals surface area contributed by atoms with Gasteiger partial charge < -0.3 is 5.32 Å². The summed E-state index contributed by atoms with van der Waals surface area (Å²) in [5, 5.41) is 4.45. The summed E-state index contributed by atoms with van der Waals surface area (Å²) in [6, 6.07) is 8.56. The van der Waals surface area contributed by atoms with Gasteiger partial charge in [0.1, 0.15) is 0 Å². The van der Waals surface area contributed by atoms with Crippen LogP contribution in [0.5, 0.6) is 0 Å². The molecular formula is C13H16N2. The molecular weight excluding hydrogens is 184 g/mol. The smallest absolute Gasteiger partial charge is 0.0708 e. The standard InChI is InChI=1S/C13H16N2/c1-9-4-5-13-12(6-9)11(8-14-3)7-10(2)15-13/h4-7,14H,8H2,1-3H3. The van der Waals surface area contributed by atoms with E-state index in [0.29, 0.717) is 0 Å². The molecule has 0 unspecified atom stereocenters. The molecule has 15 heavy (non-hydrogen) atoms. The number of fused-ring (bicyclic) bond motifs is 1. The second-order valence-electron chi connectivity index (χ2n) is 3.97. The van der Waals surface area contributed by atoms with Gasteiger partial charge in [0.05, 0.1) is 5.52 Å². The lowest BCUT2D eigenvalue weighted by Gasteiger charge is -2.08. The van der Waals surface area contributed by atoms with E-state index in [2.05, 4.69) is 41.5 Å². The number of hydrogen-bond acceptors (Lipinski definition) is 2. The molecule has 1 N–H and O–H groups in total. The highest BCUT2D eigenvalue weighted by atomic mass is 14.8. The number of benzene rings is 1. The maximum atomic E-state index is 4.53. The molecule has 0 fully saturated rings. The van der Waals surface area contributed by atoms with Crippen LogP contribution in [0.3, 0.4) is 0 Å². The third kappa shape index (κ3) is 2.00. The predicted molar refractivity (Wildman–Crippen MR) is 64.0 cm³/mol. The van der Waals surface area contributed by atoms with Crippen molar-refractivity contribution in [2.24, 2.45) is 0 Å². The Balaban J connectivity index is 2.70. The summed E-state index contributed by atoms with van der Waals surface area (Å²) in [5.74, 6) is 0. The number of nitrogens with zero attached hydrogens (tertiary/aromatic N) is 1. The van der Waals surface area contributed by atoms with Gasteiger partial charge in [-0.3, -0.25) is 4.98 Å². The Bertz CT molecular complexity index is 489. The summed E-state index contributed by atoms with van der Waals surface area (Å²) in [7, 11) is 1.97. The highest BCUT2D eigenvalue weighted by molar-refractivity contribution is 5.83. The fourth-order valence-electron chi connectivity index (χ4n) is 1.89. The molecule has 2 nitrogen and oxygen atoms in total. The first kappa shape index (κ1) is 10.1. The van der Waals surface area contributed by atoms with E-state index in [4.69, 9.17) is 0 Å². The molecule has 1 heterocycles. The highest BCUT2D eigenvalue weighted by Crippen LogP contribution is 2.19. The summed E-state index contributed by atoms with van der Waals surface area (Å²) in [5.41, 5.74) is 4.77. The molecule has 0 bridgehead atoms. The first-order valence-electron chi connectivity index (χ1n) is 5.22. The van der Waals surface area contributed by atoms with Crippen molar-refractivity contribution in [2.45, 2.75) is 20.4 Å². The molecule has 0 aliphatic carbocycles. The van der Waals surface area contributed by atoms with Crippen molar-refractivity contribution in [1.29, 1.82) is 0 Å². The summed E-state index contributed by atoms with van der Waals surface area (Å²) < 4.78 is 0. The van der Waals surface area contributed by atoms with E-state index in [9.17, 15) is 0 Å². The Hall–Kier alpha value is -1.41. The monoisotopic (exact) mass is 200 g/mol.